The zero-order chi connectivity index (χ0) is 10.5. The van der Waals surface area contributed by atoms with Gasteiger partial charge in [0.1, 0.15) is 6.10 Å². The van der Waals surface area contributed by atoms with Gasteiger partial charge in [0.25, 0.3) is 0 Å². The van der Waals surface area contributed by atoms with E-state index in [2.05, 4.69) is 43.3 Å². The molecule has 1 aromatic rings. The third-order valence-corrected chi connectivity index (χ3v) is 2.97. The van der Waals surface area contributed by atoms with E-state index in [0.29, 0.717) is 12.0 Å². The van der Waals surface area contributed by atoms with Crippen molar-refractivity contribution in [2.24, 2.45) is 0 Å². The Labute approximate surface area is 91.8 Å². The minimum Gasteiger partial charge on any atom is -0.497 e. The van der Waals surface area contributed by atoms with Crippen LogP contribution >= 0.6 is 0 Å². The van der Waals surface area contributed by atoms with E-state index in [-0.39, 0.29) is 0 Å². The summed E-state index contributed by atoms with van der Waals surface area (Å²) >= 11 is 0. The van der Waals surface area contributed by atoms with Crippen LogP contribution in [0.1, 0.15) is 37.7 Å². The molecule has 0 aliphatic carbocycles. The molecular formula is C14H18O. The van der Waals surface area contributed by atoms with E-state index < -0.39 is 0 Å². The summed E-state index contributed by atoms with van der Waals surface area (Å²) in [5.74, 6) is 0.456. The lowest BCUT2D eigenvalue weighted by atomic mass is 9.92. The van der Waals surface area contributed by atoms with Gasteiger partial charge in [-0.15, -0.1) is 0 Å². The molecule has 1 aliphatic rings. The molecule has 0 fully saturated rings. The van der Waals surface area contributed by atoms with Gasteiger partial charge in [0.15, 0.2) is 0 Å². The normalized spacial score (nSPS) is 24.1. The molecule has 0 amide bonds. The maximum Gasteiger partial charge on any atom is 0.108 e. The van der Waals surface area contributed by atoms with Crippen molar-refractivity contribution in [3.05, 3.63) is 48.2 Å². The fraction of sp³-hybridized carbons (Fsp3) is 0.429. The Balaban J connectivity index is 2.04. The first kappa shape index (κ1) is 10.3. The van der Waals surface area contributed by atoms with Gasteiger partial charge in [-0.05, 0) is 18.1 Å². The molecule has 0 radical (unpaired) electrons. The number of unbranched alkanes of at least 4 members (excludes halogenated alkanes) is 1. The minimum atomic E-state index is 0.354. The van der Waals surface area contributed by atoms with Gasteiger partial charge < -0.3 is 4.74 Å². The molecule has 2 atom stereocenters. The van der Waals surface area contributed by atoms with Crippen molar-refractivity contribution in [3.8, 4) is 0 Å². The molecule has 0 saturated heterocycles. The Morgan fingerprint density at radius 1 is 1.20 bits per heavy atom. The van der Waals surface area contributed by atoms with E-state index in [0.717, 1.165) is 6.42 Å². The molecule has 0 bridgehead atoms. The summed E-state index contributed by atoms with van der Waals surface area (Å²) < 4.78 is 5.64. The van der Waals surface area contributed by atoms with Crippen LogP contribution in [0.15, 0.2) is 42.7 Å². The second-order valence-corrected chi connectivity index (χ2v) is 4.08. The summed E-state index contributed by atoms with van der Waals surface area (Å²) in [6.45, 7) is 2.22. The van der Waals surface area contributed by atoms with Crippen LogP contribution in [0, 0.1) is 0 Å². The molecule has 15 heavy (non-hydrogen) atoms. The zero-order valence-electron chi connectivity index (χ0n) is 9.23. The molecule has 0 aromatic heterocycles. The van der Waals surface area contributed by atoms with E-state index in [4.69, 9.17) is 4.74 Å². The van der Waals surface area contributed by atoms with Crippen LogP contribution in [-0.2, 0) is 4.74 Å². The first-order chi connectivity index (χ1) is 7.42. The molecular weight excluding hydrogens is 184 g/mol. The van der Waals surface area contributed by atoms with Gasteiger partial charge in [0, 0.05) is 5.92 Å². The van der Waals surface area contributed by atoms with Crippen molar-refractivity contribution in [1.82, 2.24) is 0 Å². The van der Waals surface area contributed by atoms with E-state index in [1.54, 1.807) is 0 Å². The van der Waals surface area contributed by atoms with Crippen LogP contribution in [-0.4, -0.2) is 6.10 Å². The molecule has 2 rings (SSSR count). The largest absolute Gasteiger partial charge is 0.497 e. The van der Waals surface area contributed by atoms with Crippen LogP contribution in [0.3, 0.4) is 0 Å². The highest BCUT2D eigenvalue weighted by atomic mass is 16.5. The molecule has 0 saturated carbocycles. The Kier molecular flexibility index (Phi) is 3.44. The summed E-state index contributed by atoms with van der Waals surface area (Å²) in [4.78, 5) is 0. The molecule has 0 spiro atoms. The lowest BCUT2D eigenvalue weighted by molar-refractivity contribution is 0.144. The van der Waals surface area contributed by atoms with Crippen LogP contribution in [0.25, 0.3) is 0 Å². The Morgan fingerprint density at radius 3 is 2.73 bits per heavy atom. The average molecular weight is 202 g/mol. The van der Waals surface area contributed by atoms with Crippen LogP contribution < -0.4 is 0 Å². The predicted octanol–water partition coefficient (Wildman–Crippen LogP) is 3.87. The number of hydrogen-bond acceptors (Lipinski definition) is 1. The highest BCUT2D eigenvalue weighted by molar-refractivity contribution is 5.26. The van der Waals surface area contributed by atoms with Crippen molar-refractivity contribution < 1.29 is 4.74 Å². The summed E-state index contributed by atoms with van der Waals surface area (Å²) in [7, 11) is 0. The number of benzene rings is 1. The van der Waals surface area contributed by atoms with Gasteiger partial charge in [0.05, 0.1) is 6.26 Å². The maximum atomic E-state index is 5.64. The van der Waals surface area contributed by atoms with Gasteiger partial charge in [-0.2, -0.15) is 0 Å². The molecule has 1 heteroatoms. The third kappa shape index (κ3) is 2.41. The molecule has 2 unspecified atom stereocenters. The van der Waals surface area contributed by atoms with Gasteiger partial charge in [-0.25, -0.2) is 0 Å². The smallest absolute Gasteiger partial charge is 0.108 e. The molecule has 80 valence electrons. The topological polar surface area (TPSA) is 9.23 Å². The number of hydrogen-bond donors (Lipinski definition) is 0. The van der Waals surface area contributed by atoms with E-state index in [1.165, 1.54) is 18.4 Å². The first-order valence-electron chi connectivity index (χ1n) is 5.79. The van der Waals surface area contributed by atoms with Crippen molar-refractivity contribution >= 4 is 0 Å². The summed E-state index contributed by atoms with van der Waals surface area (Å²) in [5, 5.41) is 0. The van der Waals surface area contributed by atoms with Crippen molar-refractivity contribution in [2.45, 2.75) is 38.2 Å². The van der Waals surface area contributed by atoms with Crippen molar-refractivity contribution in [1.29, 1.82) is 0 Å². The second kappa shape index (κ2) is 5.01. The monoisotopic (exact) mass is 202 g/mol. The molecule has 1 aromatic carbocycles. The molecule has 1 nitrogen and oxygen atoms in total. The SMILES string of the molecule is CCCCC1OC=CC1c1ccccc1. The zero-order valence-corrected chi connectivity index (χ0v) is 9.23. The van der Waals surface area contributed by atoms with Gasteiger partial charge >= 0.3 is 0 Å². The molecule has 1 heterocycles. The third-order valence-electron chi connectivity index (χ3n) is 2.97. The lowest BCUT2D eigenvalue weighted by Crippen LogP contribution is -2.14. The number of ether oxygens (including phenoxy) is 1. The average Bonchev–Trinajstić information content (AvgIpc) is 2.75. The summed E-state index contributed by atoms with van der Waals surface area (Å²) in [5.41, 5.74) is 1.37. The van der Waals surface area contributed by atoms with E-state index in [1.807, 2.05) is 6.26 Å². The Morgan fingerprint density at radius 2 is 2.00 bits per heavy atom. The fourth-order valence-corrected chi connectivity index (χ4v) is 2.09. The van der Waals surface area contributed by atoms with Crippen LogP contribution in [0.2, 0.25) is 0 Å². The molecule has 1 aliphatic heterocycles. The van der Waals surface area contributed by atoms with Gasteiger partial charge in [-0.3, -0.25) is 0 Å². The summed E-state index contributed by atoms with van der Waals surface area (Å²) in [6, 6.07) is 10.6. The minimum absolute atomic E-state index is 0.354. The second-order valence-electron chi connectivity index (χ2n) is 4.08. The van der Waals surface area contributed by atoms with Gasteiger partial charge in [-0.1, -0.05) is 50.1 Å². The van der Waals surface area contributed by atoms with Gasteiger partial charge in [0.2, 0.25) is 0 Å². The van der Waals surface area contributed by atoms with Crippen LogP contribution in [0.5, 0.6) is 0 Å². The standard InChI is InChI=1S/C14H18O/c1-2-3-9-14-13(10-11-15-14)12-7-5-4-6-8-12/h4-8,10-11,13-14H,2-3,9H2,1H3. The molecule has 0 N–H and O–H groups in total. The Bertz CT molecular complexity index is 315. The lowest BCUT2D eigenvalue weighted by Gasteiger charge is -2.18. The Hall–Kier alpha value is -1.24. The van der Waals surface area contributed by atoms with Crippen molar-refractivity contribution in [2.75, 3.05) is 0 Å². The highest BCUT2D eigenvalue weighted by Gasteiger charge is 2.24. The fourth-order valence-electron chi connectivity index (χ4n) is 2.09. The highest BCUT2D eigenvalue weighted by Crippen LogP contribution is 2.31. The predicted molar refractivity (Wildman–Crippen MR) is 62.7 cm³/mol. The quantitative estimate of drug-likeness (QED) is 0.720. The van der Waals surface area contributed by atoms with E-state index >= 15 is 0 Å². The first-order valence-corrected chi connectivity index (χ1v) is 5.79. The van der Waals surface area contributed by atoms with Crippen molar-refractivity contribution in [3.63, 3.8) is 0 Å². The van der Waals surface area contributed by atoms with Crippen LogP contribution in [0.4, 0.5) is 0 Å². The number of rotatable bonds is 4. The van der Waals surface area contributed by atoms with E-state index in [9.17, 15) is 0 Å². The maximum absolute atomic E-state index is 5.64. The summed E-state index contributed by atoms with van der Waals surface area (Å²) in [6.07, 6.45) is 8.03.